The molecule has 1 aromatic heterocycles. The average Bonchev–Trinajstić information content (AvgIpc) is 3.03. The fraction of sp³-hybridized carbons (Fsp3) is 0.455. The van der Waals surface area contributed by atoms with Gasteiger partial charge in [0.25, 0.3) is 0 Å². The quantitative estimate of drug-likeness (QED) is 0.293. The first-order valence-electron chi connectivity index (χ1n) is 15.9. The van der Waals surface area contributed by atoms with Gasteiger partial charge in [-0.15, -0.1) is 11.8 Å². The molecule has 2 amide bonds. The zero-order valence-electron chi connectivity index (χ0n) is 27.0. The minimum absolute atomic E-state index is 0.0421. The van der Waals surface area contributed by atoms with Crippen molar-refractivity contribution in [2.45, 2.75) is 43.0 Å². The van der Waals surface area contributed by atoms with Crippen LogP contribution in [0.2, 0.25) is 0 Å². The lowest BCUT2D eigenvalue weighted by Crippen LogP contribution is -2.58. The van der Waals surface area contributed by atoms with Gasteiger partial charge in [0.1, 0.15) is 17.5 Å². The maximum atomic E-state index is 15.3. The highest BCUT2D eigenvalue weighted by molar-refractivity contribution is 7.99. The van der Waals surface area contributed by atoms with E-state index in [-0.39, 0.29) is 59.0 Å². The van der Waals surface area contributed by atoms with Crippen molar-refractivity contribution < 1.29 is 31.5 Å². The van der Waals surface area contributed by atoms with Crippen molar-refractivity contribution in [3.8, 4) is 11.1 Å². The van der Waals surface area contributed by atoms with E-state index in [4.69, 9.17) is 5.73 Å². The van der Waals surface area contributed by atoms with E-state index in [2.05, 4.69) is 16.5 Å². The average molecular weight is 706 g/mol. The number of halogens is 5. The Labute approximate surface area is 283 Å². The number of benzene rings is 2. The predicted molar refractivity (Wildman–Crippen MR) is 176 cm³/mol. The standard InChI is InChI=1S/C33H36F5N7O3S/c1-4-27(47)43-13-19(3)44(14-18(43)2)31-23-12-24(33(36,37)38)28(22-6-5-20(34)11-25(22)35)30-29(23)45(32(48)40-31)21(17-49-30)15-41-7-9-42(10-8-41)16-26(39)46/h4-6,11-12,18-19,21H,1,7-10,13-17H2,2-3H3,(H2,39,46)/t18-,19+,21+/m1/s1. The molecule has 0 spiro atoms. The Hall–Kier alpha value is -4.02. The van der Waals surface area contributed by atoms with Crippen molar-refractivity contribution in [1.82, 2.24) is 24.3 Å². The first-order valence-corrected chi connectivity index (χ1v) is 16.9. The fourth-order valence-corrected chi connectivity index (χ4v) is 8.44. The molecule has 0 bridgehead atoms. The molecular formula is C33H36F5N7O3S. The van der Waals surface area contributed by atoms with Crippen LogP contribution in [-0.2, 0) is 15.8 Å². The highest BCUT2D eigenvalue weighted by Gasteiger charge is 2.41. The number of nitrogens with two attached hydrogens (primary N) is 1. The summed E-state index contributed by atoms with van der Waals surface area (Å²) in [7, 11) is 0. The molecule has 2 N–H and O–H groups in total. The van der Waals surface area contributed by atoms with Crippen LogP contribution < -0.4 is 16.3 Å². The molecule has 0 radical (unpaired) electrons. The van der Waals surface area contributed by atoms with E-state index in [1.54, 1.807) is 23.6 Å². The normalized spacial score (nSPS) is 22.1. The van der Waals surface area contributed by atoms with Crippen molar-refractivity contribution in [2.24, 2.45) is 5.73 Å². The highest BCUT2D eigenvalue weighted by atomic mass is 32.2. The number of anilines is 1. The van der Waals surface area contributed by atoms with Gasteiger partial charge < -0.3 is 15.5 Å². The summed E-state index contributed by atoms with van der Waals surface area (Å²) in [5.41, 5.74) is 2.84. The number of hydrogen-bond donors (Lipinski definition) is 1. The number of primary amides is 1. The number of thioether (sulfide) groups is 1. The van der Waals surface area contributed by atoms with Gasteiger partial charge in [0.2, 0.25) is 11.8 Å². The van der Waals surface area contributed by atoms with Crippen molar-refractivity contribution in [3.05, 3.63) is 64.6 Å². The molecule has 262 valence electrons. The fourth-order valence-electron chi connectivity index (χ4n) is 7.12. The van der Waals surface area contributed by atoms with Gasteiger partial charge in [-0.05, 0) is 38.1 Å². The Balaban J connectivity index is 1.53. The SMILES string of the molecule is C=CC(=O)N1C[C@H](C)N(c2nc(=O)n3c4c(c(-c5ccc(F)cc5F)c(C(F)(F)F)cc24)SC[C@@H]3CN2CCN(CC(N)=O)CC2)C[C@H]1C. The van der Waals surface area contributed by atoms with Gasteiger partial charge in [0.15, 0.2) is 0 Å². The van der Waals surface area contributed by atoms with E-state index in [0.717, 1.165) is 30.0 Å². The first-order chi connectivity index (χ1) is 23.2. The zero-order chi connectivity index (χ0) is 35.4. The Bertz CT molecular complexity index is 1880. The van der Waals surface area contributed by atoms with Crippen molar-refractivity contribution in [2.75, 3.05) is 63.0 Å². The summed E-state index contributed by atoms with van der Waals surface area (Å²) >= 11 is 1.10. The Morgan fingerprint density at radius 2 is 1.76 bits per heavy atom. The summed E-state index contributed by atoms with van der Waals surface area (Å²) in [6.45, 7) is 10.4. The highest BCUT2D eigenvalue weighted by Crippen LogP contribution is 2.50. The zero-order valence-corrected chi connectivity index (χ0v) is 27.8. The van der Waals surface area contributed by atoms with Crippen molar-refractivity contribution >= 4 is 40.3 Å². The molecule has 2 saturated heterocycles. The van der Waals surface area contributed by atoms with Crippen molar-refractivity contribution in [3.63, 3.8) is 0 Å². The van der Waals surface area contributed by atoms with E-state index in [9.17, 15) is 31.9 Å². The molecule has 16 heteroatoms. The largest absolute Gasteiger partial charge is 0.417 e. The third-order valence-electron chi connectivity index (χ3n) is 9.46. The van der Waals surface area contributed by atoms with Crippen molar-refractivity contribution in [1.29, 1.82) is 0 Å². The predicted octanol–water partition coefficient (Wildman–Crippen LogP) is 3.72. The lowest BCUT2D eigenvalue weighted by atomic mass is 9.95. The van der Waals surface area contributed by atoms with E-state index < -0.39 is 58.2 Å². The van der Waals surface area contributed by atoms with Crippen LogP contribution in [0.25, 0.3) is 22.0 Å². The van der Waals surface area contributed by atoms with Gasteiger partial charge in [-0.25, -0.2) is 13.6 Å². The monoisotopic (exact) mass is 705 g/mol. The molecule has 4 heterocycles. The van der Waals surface area contributed by atoms with Crippen LogP contribution in [0.4, 0.5) is 27.8 Å². The van der Waals surface area contributed by atoms with Gasteiger partial charge >= 0.3 is 11.9 Å². The number of carbonyl (C=O) groups excluding carboxylic acids is 2. The van der Waals surface area contributed by atoms with E-state index in [1.165, 1.54) is 10.6 Å². The van der Waals surface area contributed by atoms with E-state index >= 15 is 4.39 Å². The molecule has 2 fully saturated rings. The summed E-state index contributed by atoms with van der Waals surface area (Å²) in [6.07, 6.45) is -3.75. The summed E-state index contributed by atoms with van der Waals surface area (Å²) in [4.78, 5) is 49.9. The molecule has 49 heavy (non-hydrogen) atoms. The lowest BCUT2D eigenvalue weighted by Gasteiger charge is -2.45. The maximum absolute atomic E-state index is 15.3. The number of amides is 2. The number of alkyl halides is 3. The summed E-state index contributed by atoms with van der Waals surface area (Å²) in [6, 6.07) is 2.04. The second-order valence-corrected chi connectivity index (χ2v) is 13.8. The second-order valence-electron chi connectivity index (χ2n) is 12.8. The molecular weight excluding hydrogens is 669 g/mol. The number of piperazine rings is 2. The third-order valence-corrected chi connectivity index (χ3v) is 10.7. The second kappa shape index (κ2) is 13.4. The molecule has 0 saturated carbocycles. The van der Waals surface area contributed by atoms with Crippen LogP contribution in [0.15, 0.2) is 46.6 Å². The van der Waals surface area contributed by atoms with E-state index in [0.29, 0.717) is 38.8 Å². The molecule has 3 aliphatic rings. The number of nitrogens with zero attached hydrogens (tertiary/aromatic N) is 6. The minimum Gasteiger partial charge on any atom is -0.369 e. The van der Waals surface area contributed by atoms with E-state index in [1.807, 2.05) is 4.90 Å². The molecule has 10 nitrogen and oxygen atoms in total. The molecule has 0 unspecified atom stereocenters. The molecule has 3 aliphatic heterocycles. The number of carbonyl (C=O) groups is 2. The summed E-state index contributed by atoms with van der Waals surface area (Å²) in [5, 5.41) is 0.0687. The molecule has 6 rings (SSSR count). The number of rotatable bonds is 7. The van der Waals surface area contributed by atoms with Crippen LogP contribution in [0.5, 0.6) is 0 Å². The number of aromatic nitrogens is 2. The minimum atomic E-state index is -4.95. The van der Waals surface area contributed by atoms with Gasteiger partial charge in [0, 0.05) is 91.1 Å². The maximum Gasteiger partial charge on any atom is 0.417 e. The van der Waals surface area contributed by atoms with Crippen LogP contribution >= 0.6 is 11.8 Å². The molecule has 0 aliphatic carbocycles. The van der Waals surface area contributed by atoms with Gasteiger partial charge in [-0.3, -0.25) is 24.0 Å². The number of hydrogen-bond acceptors (Lipinski definition) is 8. The topological polar surface area (TPSA) is 108 Å². The van der Waals surface area contributed by atoms with Crippen LogP contribution in [0.3, 0.4) is 0 Å². The first kappa shape index (κ1) is 34.8. The van der Waals surface area contributed by atoms with Gasteiger partial charge in [0.05, 0.1) is 23.7 Å². The molecule has 2 aromatic carbocycles. The summed E-state index contributed by atoms with van der Waals surface area (Å²) in [5.74, 6) is -2.58. The Kier molecular flexibility index (Phi) is 9.50. The molecule has 3 atom stereocenters. The Morgan fingerprint density at radius 3 is 2.39 bits per heavy atom. The van der Waals surface area contributed by atoms with Crippen LogP contribution in [0, 0.1) is 11.6 Å². The van der Waals surface area contributed by atoms with Crippen LogP contribution in [0.1, 0.15) is 25.5 Å². The third kappa shape index (κ3) is 6.65. The van der Waals surface area contributed by atoms with Gasteiger partial charge in [-0.2, -0.15) is 18.2 Å². The van der Waals surface area contributed by atoms with Gasteiger partial charge in [-0.1, -0.05) is 6.58 Å². The lowest BCUT2D eigenvalue weighted by molar-refractivity contribution is -0.137. The molecule has 3 aromatic rings. The van der Waals surface area contributed by atoms with Crippen LogP contribution in [-0.4, -0.2) is 106 Å². The smallest absolute Gasteiger partial charge is 0.369 e. The summed E-state index contributed by atoms with van der Waals surface area (Å²) < 4.78 is 75.6. The Morgan fingerprint density at radius 1 is 1.06 bits per heavy atom.